The van der Waals surface area contributed by atoms with E-state index >= 15 is 0 Å². The number of para-hydroxylation sites is 2. The minimum atomic E-state index is 0.755. The average Bonchev–Trinajstić information content (AvgIpc) is 2.52. The summed E-state index contributed by atoms with van der Waals surface area (Å²) in [6.07, 6.45) is 0.953. The molecule has 0 amide bonds. The second-order valence-corrected chi connectivity index (χ2v) is 5.07. The Balaban J connectivity index is 1.71. The number of nitrogen functional groups attached to an aromatic ring is 1. The van der Waals surface area contributed by atoms with Crippen molar-refractivity contribution in [2.75, 3.05) is 11.1 Å². The molecule has 2 heteroatoms. The molecular formula is C19H18N2. The van der Waals surface area contributed by atoms with Gasteiger partial charge in [0.25, 0.3) is 0 Å². The molecule has 0 aliphatic heterocycles. The van der Waals surface area contributed by atoms with Crippen LogP contribution >= 0.6 is 0 Å². The maximum Gasteiger partial charge on any atom is 0.0617 e. The summed E-state index contributed by atoms with van der Waals surface area (Å²) in [6.45, 7) is 0. The van der Waals surface area contributed by atoms with Crippen molar-refractivity contribution in [3.63, 3.8) is 0 Å². The number of hydrogen-bond acceptors (Lipinski definition) is 2. The Hall–Kier alpha value is -2.74. The Labute approximate surface area is 125 Å². The largest absolute Gasteiger partial charge is 0.397 e. The third-order valence-electron chi connectivity index (χ3n) is 3.44. The van der Waals surface area contributed by atoms with Crippen LogP contribution in [-0.4, -0.2) is 0 Å². The van der Waals surface area contributed by atoms with Gasteiger partial charge in [-0.3, -0.25) is 0 Å². The second-order valence-electron chi connectivity index (χ2n) is 5.07. The van der Waals surface area contributed by atoms with Crippen LogP contribution in [0.3, 0.4) is 0 Å². The summed E-state index contributed by atoms with van der Waals surface area (Å²) in [7, 11) is 0. The first-order valence-corrected chi connectivity index (χ1v) is 7.06. The lowest BCUT2D eigenvalue weighted by Crippen LogP contribution is -1.96. The van der Waals surface area contributed by atoms with Crippen molar-refractivity contribution < 1.29 is 0 Å². The third-order valence-corrected chi connectivity index (χ3v) is 3.44. The van der Waals surface area contributed by atoms with Crippen molar-refractivity contribution >= 4 is 17.1 Å². The standard InChI is InChI=1S/C19H18N2/c20-18-8-4-5-9-19(18)21-17-12-10-16(11-13-17)14-15-6-2-1-3-7-15/h1-13,21H,14,20H2. The van der Waals surface area contributed by atoms with Gasteiger partial charge in [-0.05, 0) is 41.8 Å². The molecule has 0 saturated carbocycles. The zero-order valence-corrected chi connectivity index (χ0v) is 11.8. The lowest BCUT2D eigenvalue weighted by atomic mass is 10.0. The maximum absolute atomic E-state index is 5.94. The van der Waals surface area contributed by atoms with E-state index in [1.807, 2.05) is 30.3 Å². The van der Waals surface area contributed by atoms with Gasteiger partial charge in [0.1, 0.15) is 0 Å². The van der Waals surface area contributed by atoms with E-state index in [1.54, 1.807) is 0 Å². The molecule has 0 aliphatic rings. The minimum absolute atomic E-state index is 0.755. The van der Waals surface area contributed by atoms with Gasteiger partial charge in [-0.15, -0.1) is 0 Å². The Morgan fingerprint density at radius 3 is 2.00 bits per heavy atom. The van der Waals surface area contributed by atoms with Gasteiger partial charge in [-0.25, -0.2) is 0 Å². The summed E-state index contributed by atoms with van der Waals surface area (Å²) in [5.41, 5.74) is 11.3. The van der Waals surface area contributed by atoms with Crippen LogP contribution in [0.25, 0.3) is 0 Å². The minimum Gasteiger partial charge on any atom is -0.397 e. The van der Waals surface area contributed by atoms with E-state index in [2.05, 4.69) is 53.8 Å². The highest BCUT2D eigenvalue weighted by atomic mass is 14.9. The lowest BCUT2D eigenvalue weighted by Gasteiger charge is -2.10. The maximum atomic E-state index is 5.94. The van der Waals surface area contributed by atoms with Gasteiger partial charge in [-0.2, -0.15) is 0 Å². The van der Waals surface area contributed by atoms with Crippen LogP contribution in [-0.2, 0) is 6.42 Å². The molecule has 2 nitrogen and oxygen atoms in total. The van der Waals surface area contributed by atoms with Crippen LogP contribution in [0, 0.1) is 0 Å². The molecule has 21 heavy (non-hydrogen) atoms. The van der Waals surface area contributed by atoms with Crippen LogP contribution in [0.1, 0.15) is 11.1 Å². The molecule has 0 heterocycles. The second kappa shape index (κ2) is 6.14. The Kier molecular flexibility index (Phi) is 3.88. The predicted octanol–water partition coefficient (Wildman–Crippen LogP) is 4.60. The molecule has 0 aliphatic carbocycles. The van der Waals surface area contributed by atoms with Crippen molar-refractivity contribution in [1.82, 2.24) is 0 Å². The molecule has 0 aromatic heterocycles. The first-order chi connectivity index (χ1) is 10.3. The number of hydrogen-bond donors (Lipinski definition) is 2. The van der Waals surface area contributed by atoms with E-state index in [0.717, 1.165) is 23.5 Å². The van der Waals surface area contributed by atoms with E-state index in [-0.39, 0.29) is 0 Å². The summed E-state index contributed by atoms with van der Waals surface area (Å²) < 4.78 is 0. The SMILES string of the molecule is Nc1ccccc1Nc1ccc(Cc2ccccc2)cc1. The Morgan fingerprint density at radius 2 is 1.29 bits per heavy atom. The van der Waals surface area contributed by atoms with Crippen LogP contribution in [0.2, 0.25) is 0 Å². The molecule has 0 bridgehead atoms. The first kappa shape index (κ1) is 13.3. The van der Waals surface area contributed by atoms with Gasteiger partial charge < -0.3 is 11.1 Å². The molecule has 3 aromatic carbocycles. The molecule has 0 saturated heterocycles. The predicted molar refractivity (Wildman–Crippen MR) is 89.8 cm³/mol. The van der Waals surface area contributed by atoms with Crippen LogP contribution < -0.4 is 11.1 Å². The van der Waals surface area contributed by atoms with E-state index in [0.29, 0.717) is 0 Å². The Morgan fingerprint density at radius 1 is 0.667 bits per heavy atom. The lowest BCUT2D eigenvalue weighted by molar-refractivity contribution is 1.19. The van der Waals surface area contributed by atoms with E-state index in [4.69, 9.17) is 5.73 Å². The zero-order chi connectivity index (χ0) is 14.5. The van der Waals surface area contributed by atoms with E-state index < -0.39 is 0 Å². The molecule has 3 rings (SSSR count). The van der Waals surface area contributed by atoms with Gasteiger partial charge in [0.2, 0.25) is 0 Å². The fourth-order valence-electron chi connectivity index (χ4n) is 2.30. The van der Waals surface area contributed by atoms with Gasteiger partial charge in [0, 0.05) is 5.69 Å². The van der Waals surface area contributed by atoms with Gasteiger partial charge in [0.05, 0.1) is 11.4 Å². The molecule has 3 N–H and O–H groups in total. The summed E-state index contributed by atoms with van der Waals surface area (Å²) in [5.74, 6) is 0. The van der Waals surface area contributed by atoms with Crippen molar-refractivity contribution in [3.8, 4) is 0 Å². The van der Waals surface area contributed by atoms with Crippen LogP contribution in [0.5, 0.6) is 0 Å². The van der Waals surface area contributed by atoms with E-state index in [1.165, 1.54) is 11.1 Å². The number of nitrogens with two attached hydrogens (primary N) is 1. The average molecular weight is 274 g/mol. The quantitative estimate of drug-likeness (QED) is 0.682. The van der Waals surface area contributed by atoms with Crippen molar-refractivity contribution in [2.45, 2.75) is 6.42 Å². The summed E-state index contributed by atoms with van der Waals surface area (Å²) >= 11 is 0. The summed E-state index contributed by atoms with van der Waals surface area (Å²) in [6, 6.07) is 26.7. The molecule has 0 radical (unpaired) electrons. The van der Waals surface area contributed by atoms with Crippen molar-refractivity contribution in [1.29, 1.82) is 0 Å². The molecule has 0 unspecified atom stereocenters. The highest BCUT2D eigenvalue weighted by molar-refractivity contribution is 5.72. The molecule has 104 valence electrons. The number of benzene rings is 3. The monoisotopic (exact) mass is 274 g/mol. The fourth-order valence-corrected chi connectivity index (χ4v) is 2.30. The van der Waals surface area contributed by atoms with Gasteiger partial charge in [-0.1, -0.05) is 54.6 Å². The summed E-state index contributed by atoms with van der Waals surface area (Å²) in [5, 5.41) is 3.34. The first-order valence-electron chi connectivity index (χ1n) is 7.06. The highest BCUT2D eigenvalue weighted by Gasteiger charge is 2.00. The molecular weight excluding hydrogens is 256 g/mol. The molecule has 0 fully saturated rings. The van der Waals surface area contributed by atoms with E-state index in [9.17, 15) is 0 Å². The van der Waals surface area contributed by atoms with Crippen LogP contribution in [0.4, 0.5) is 17.1 Å². The van der Waals surface area contributed by atoms with Crippen LogP contribution in [0.15, 0.2) is 78.9 Å². The topological polar surface area (TPSA) is 38.0 Å². The van der Waals surface area contributed by atoms with Crippen molar-refractivity contribution in [3.05, 3.63) is 90.0 Å². The normalized spacial score (nSPS) is 10.3. The summed E-state index contributed by atoms with van der Waals surface area (Å²) in [4.78, 5) is 0. The highest BCUT2D eigenvalue weighted by Crippen LogP contribution is 2.23. The smallest absolute Gasteiger partial charge is 0.0617 e. The zero-order valence-electron chi connectivity index (χ0n) is 11.8. The number of rotatable bonds is 4. The number of anilines is 3. The van der Waals surface area contributed by atoms with Gasteiger partial charge >= 0.3 is 0 Å². The third kappa shape index (κ3) is 3.42. The molecule has 0 spiro atoms. The molecule has 0 atom stereocenters. The fraction of sp³-hybridized carbons (Fsp3) is 0.0526. The van der Waals surface area contributed by atoms with Crippen molar-refractivity contribution in [2.24, 2.45) is 0 Å². The number of nitrogens with one attached hydrogen (secondary N) is 1. The van der Waals surface area contributed by atoms with Gasteiger partial charge in [0.15, 0.2) is 0 Å². The molecule has 3 aromatic rings. The Bertz CT molecular complexity index is 703.